The van der Waals surface area contributed by atoms with Gasteiger partial charge in [-0.3, -0.25) is 0 Å². The molecule has 1 heterocycles. The Balaban J connectivity index is 2.38. The molecule has 0 amide bonds. The summed E-state index contributed by atoms with van der Waals surface area (Å²) in [6.07, 6.45) is 0. The average Bonchev–Trinajstić information content (AvgIpc) is 2.69. The summed E-state index contributed by atoms with van der Waals surface area (Å²) in [6.45, 7) is 0. The molecule has 1 atom stereocenters. The van der Waals surface area contributed by atoms with Crippen molar-refractivity contribution < 1.29 is 8.78 Å². The van der Waals surface area contributed by atoms with Gasteiger partial charge in [-0.1, -0.05) is 10.6 Å². The van der Waals surface area contributed by atoms with Crippen LogP contribution < -0.4 is 5.73 Å². The van der Waals surface area contributed by atoms with Crippen LogP contribution in [0.4, 0.5) is 8.78 Å². The Bertz CT molecular complexity index is 458. The van der Waals surface area contributed by atoms with Crippen molar-refractivity contribution in [3.63, 3.8) is 0 Å². The third kappa shape index (κ3) is 2.00. The maximum absolute atomic E-state index is 13.3. The molecular formula is C9H7F2N3S. The minimum Gasteiger partial charge on any atom is -0.319 e. The number of hydrogen-bond donors (Lipinski definition) is 1. The molecule has 1 aromatic heterocycles. The van der Waals surface area contributed by atoms with Crippen molar-refractivity contribution in [3.05, 3.63) is 46.5 Å². The quantitative estimate of drug-likeness (QED) is 0.852. The number of halogens is 2. The van der Waals surface area contributed by atoms with Crippen molar-refractivity contribution >= 4 is 11.5 Å². The summed E-state index contributed by atoms with van der Waals surface area (Å²) < 4.78 is 29.6. The van der Waals surface area contributed by atoms with Gasteiger partial charge in [0.15, 0.2) is 0 Å². The lowest BCUT2D eigenvalue weighted by Gasteiger charge is -2.09. The van der Waals surface area contributed by atoms with Crippen LogP contribution in [0.2, 0.25) is 0 Å². The highest BCUT2D eigenvalue weighted by Crippen LogP contribution is 2.21. The van der Waals surface area contributed by atoms with Crippen molar-refractivity contribution in [3.8, 4) is 0 Å². The van der Waals surface area contributed by atoms with Crippen LogP contribution in [-0.4, -0.2) is 9.59 Å². The van der Waals surface area contributed by atoms with Crippen molar-refractivity contribution in [2.75, 3.05) is 0 Å². The molecule has 1 unspecified atom stereocenters. The van der Waals surface area contributed by atoms with Gasteiger partial charge < -0.3 is 5.73 Å². The molecule has 0 saturated heterocycles. The Morgan fingerprint density at radius 2 is 2.13 bits per heavy atom. The van der Waals surface area contributed by atoms with Crippen LogP contribution in [0.25, 0.3) is 0 Å². The van der Waals surface area contributed by atoms with E-state index in [1.807, 2.05) is 0 Å². The van der Waals surface area contributed by atoms with Gasteiger partial charge in [-0.2, -0.15) is 0 Å². The number of nitrogens with two attached hydrogens (primary N) is 1. The number of rotatable bonds is 2. The Labute approximate surface area is 88.7 Å². The van der Waals surface area contributed by atoms with Crippen molar-refractivity contribution in [1.82, 2.24) is 9.59 Å². The van der Waals surface area contributed by atoms with E-state index >= 15 is 0 Å². The van der Waals surface area contributed by atoms with Gasteiger partial charge in [-0.05, 0) is 17.6 Å². The molecule has 0 aliphatic heterocycles. The summed E-state index contributed by atoms with van der Waals surface area (Å²) in [5.41, 5.74) is 6.44. The van der Waals surface area contributed by atoms with Crippen molar-refractivity contribution in [2.24, 2.45) is 5.73 Å². The highest BCUT2D eigenvalue weighted by Gasteiger charge is 2.16. The number of aromatic nitrogens is 2. The highest BCUT2D eigenvalue weighted by molar-refractivity contribution is 7.03. The zero-order valence-corrected chi connectivity index (χ0v) is 8.34. The van der Waals surface area contributed by atoms with E-state index in [4.69, 9.17) is 5.73 Å². The van der Waals surface area contributed by atoms with E-state index in [0.717, 1.165) is 23.7 Å². The van der Waals surface area contributed by atoms with Gasteiger partial charge in [0.25, 0.3) is 0 Å². The van der Waals surface area contributed by atoms with Crippen LogP contribution in [0.15, 0.2) is 23.6 Å². The van der Waals surface area contributed by atoms with Gasteiger partial charge in [-0.25, -0.2) is 8.78 Å². The fraction of sp³-hybridized carbons (Fsp3) is 0.111. The smallest absolute Gasteiger partial charge is 0.131 e. The lowest BCUT2D eigenvalue weighted by atomic mass is 10.1. The minimum atomic E-state index is -0.704. The lowest BCUT2D eigenvalue weighted by Crippen LogP contribution is -2.14. The number of hydrogen-bond acceptors (Lipinski definition) is 4. The van der Waals surface area contributed by atoms with E-state index in [1.165, 1.54) is 6.07 Å². The molecule has 0 aliphatic rings. The third-order valence-corrected chi connectivity index (χ3v) is 2.52. The van der Waals surface area contributed by atoms with E-state index in [1.54, 1.807) is 5.38 Å². The maximum Gasteiger partial charge on any atom is 0.131 e. The Kier molecular flexibility index (Phi) is 2.70. The van der Waals surface area contributed by atoms with Gasteiger partial charge in [0, 0.05) is 17.0 Å². The molecule has 3 nitrogen and oxygen atoms in total. The topological polar surface area (TPSA) is 51.8 Å². The van der Waals surface area contributed by atoms with E-state index in [-0.39, 0.29) is 5.56 Å². The fourth-order valence-corrected chi connectivity index (χ4v) is 1.71. The van der Waals surface area contributed by atoms with Crippen LogP contribution in [0.3, 0.4) is 0 Å². The van der Waals surface area contributed by atoms with Crippen LogP contribution in [0, 0.1) is 11.6 Å². The molecule has 0 fully saturated rings. The first kappa shape index (κ1) is 10.1. The molecule has 0 spiro atoms. The first-order chi connectivity index (χ1) is 7.18. The summed E-state index contributed by atoms with van der Waals surface area (Å²) in [5.74, 6) is -1.30. The summed E-state index contributed by atoms with van der Waals surface area (Å²) in [6, 6.07) is 2.58. The third-order valence-electron chi connectivity index (χ3n) is 1.99. The van der Waals surface area contributed by atoms with Crippen LogP contribution in [0.1, 0.15) is 17.3 Å². The second kappa shape index (κ2) is 4.00. The molecule has 1 aromatic carbocycles. The van der Waals surface area contributed by atoms with Crippen molar-refractivity contribution in [2.45, 2.75) is 6.04 Å². The zero-order valence-electron chi connectivity index (χ0n) is 7.52. The molecule has 0 bridgehead atoms. The zero-order chi connectivity index (χ0) is 10.8. The molecule has 0 radical (unpaired) electrons. The van der Waals surface area contributed by atoms with E-state index in [0.29, 0.717) is 5.69 Å². The minimum absolute atomic E-state index is 0.212. The van der Waals surface area contributed by atoms with Gasteiger partial charge in [0.2, 0.25) is 0 Å². The van der Waals surface area contributed by atoms with E-state index in [2.05, 4.69) is 9.59 Å². The second-order valence-corrected chi connectivity index (χ2v) is 3.58. The van der Waals surface area contributed by atoms with Crippen molar-refractivity contribution in [1.29, 1.82) is 0 Å². The summed E-state index contributed by atoms with van der Waals surface area (Å²) in [4.78, 5) is 0. The van der Waals surface area contributed by atoms with Gasteiger partial charge in [-0.15, -0.1) is 5.10 Å². The maximum atomic E-state index is 13.3. The second-order valence-electron chi connectivity index (χ2n) is 2.97. The molecule has 2 N–H and O–H groups in total. The highest BCUT2D eigenvalue weighted by atomic mass is 32.1. The van der Waals surface area contributed by atoms with Crippen LogP contribution in [-0.2, 0) is 0 Å². The number of nitrogens with zero attached hydrogens (tertiary/aromatic N) is 2. The van der Waals surface area contributed by atoms with E-state index in [9.17, 15) is 8.78 Å². The average molecular weight is 227 g/mol. The predicted molar refractivity (Wildman–Crippen MR) is 52.3 cm³/mol. The first-order valence-electron chi connectivity index (χ1n) is 4.16. The normalized spacial score (nSPS) is 12.7. The Morgan fingerprint density at radius 3 is 2.73 bits per heavy atom. The molecule has 0 aliphatic carbocycles. The standard InChI is InChI=1S/C9H7F2N3S/c10-5-1-2-6(7(11)3-5)9(12)8-4-15-14-13-8/h1-4,9H,12H2. The van der Waals surface area contributed by atoms with Crippen LogP contribution >= 0.6 is 11.5 Å². The lowest BCUT2D eigenvalue weighted by molar-refractivity contribution is 0.564. The molecule has 6 heteroatoms. The molecule has 0 saturated carbocycles. The Morgan fingerprint density at radius 1 is 1.33 bits per heavy atom. The van der Waals surface area contributed by atoms with Crippen LogP contribution in [0.5, 0.6) is 0 Å². The monoisotopic (exact) mass is 227 g/mol. The molecule has 2 aromatic rings. The van der Waals surface area contributed by atoms with E-state index < -0.39 is 17.7 Å². The Hall–Kier alpha value is -1.40. The van der Waals surface area contributed by atoms with Gasteiger partial charge in [0.05, 0.1) is 11.7 Å². The molecule has 78 valence electrons. The SMILES string of the molecule is NC(c1csnn1)c1ccc(F)cc1F. The fourth-order valence-electron chi connectivity index (χ4n) is 1.22. The molecule has 2 rings (SSSR count). The van der Waals surface area contributed by atoms with Gasteiger partial charge in [0.1, 0.15) is 11.6 Å². The number of benzene rings is 1. The summed E-state index contributed by atoms with van der Waals surface area (Å²) >= 11 is 1.13. The molecule has 15 heavy (non-hydrogen) atoms. The largest absolute Gasteiger partial charge is 0.319 e. The summed E-state index contributed by atoms with van der Waals surface area (Å²) in [7, 11) is 0. The van der Waals surface area contributed by atoms with Gasteiger partial charge >= 0.3 is 0 Å². The first-order valence-corrected chi connectivity index (χ1v) is 4.99. The predicted octanol–water partition coefficient (Wildman–Crippen LogP) is 1.86. The molecular weight excluding hydrogens is 220 g/mol. The summed E-state index contributed by atoms with van der Waals surface area (Å²) in [5, 5.41) is 5.37.